The molecule has 0 radical (unpaired) electrons. The largest absolute Gasteiger partial charge is 0.288 e. The molecule has 0 atom stereocenters. The van der Waals surface area contributed by atoms with Gasteiger partial charge in [-0.25, -0.2) is 4.98 Å². The van der Waals surface area contributed by atoms with Crippen molar-refractivity contribution in [2.75, 3.05) is 5.32 Å². The molecule has 0 aliphatic rings. The molecule has 2 heterocycles. The van der Waals surface area contributed by atoms with E-state index < -0.39 is 0 Å². The second-order valence-corrected chi connectivity index (χ2v) is 5.71. The normalized spacial score (nSPS) is 10.8. The minimum absolute atomic E-state index is 0.110. The number of carbonyl (C=O) groups is 1. The third-order valence-electron chi connectivity index (χ3n) is 3.67. The maximum atomic E-state index is 12.7. The van der Waals surface area contributed by atoms with E-state index in [2.05, 4.69) is 30.9 Å². The average Bonchev–Trinajstić information content (AvgIpc) is 3.14. The Morgan fingerprint density at radius 3 is 2.64 bits per heavy atom. The Kier molecular flexibility index (Phi) is 3.83. The molecular weight excluding hydrogens is 340 g/mol. The number of nitrogens with zero attached hydrogens (tertiary/aromatic N) is 4. The number of anilines is 1. The molecule has 0 bridgehead atoms. The number of nitrogens with one attached hydrogen (secondary N) is 2. The van der Waals surface area contributed by atoms with E-state index in [0.29, 0.717) is 21.8 Å². The summed E-state index contributed by atoms with van der Waals surface area (Å²) < 4.78 is 0. The molecule has 0 aliphatic carbocycles. The smallest absolute Gasteiger partial charge is 0.270 e. The number of aromatic nitrogens is 5. The summed E-state index contributed by atoms with van der Waals surface area (Å²) in [6.07, 6.45) is 0. The van der Waals surface area contributed by atoms with Gasteiger partial charge in [-0.3, -0.25) is 10.1 Å². The van der Waals surface area contributed by atoms with Crippen molar-refractivity contribution in [1.82, 2.24) is 25.6 Å². The number of carbonyl (C=O) groups excluding carboxylic acids is 1. The van der Waals surface area contributed by atoms with Crippen molar-refractivity contribution in [2.45, 2.75) is 0 Å². The number of H-pyrrole nitrogens is 1. The summed E-state index contributed by atoms with van der Waals surface area (Å²) in [6, 6.07) is 16.5. The van der Waals surface area contributed by atoms with E-state index >= 15 is 0 Å². The Hall–Kier alpha value is -3.32. The van der Waals surface area contributed by atoms with Gasteiger partial charge in [0.15, 0.2) is 0 Å². The van der Waals surface area contributed by atoms with Crippen LogP contribution in [0.25, 0.3) is 22.2 Å². The molecule has 0 spiro atoms. The van der Waals surface area contributed by atoms with E-state index in [0.717, 1.165) is 10.9 Å². The zero-order valence-electron chi connectivity index (χ0n) is 12.8. The summed E-state index contributed by atoms with van der Waals surface area (Å²) in [5.41, 5.74) is 2.73. The van der Waals surface area contributed by atoms with Gasteiger partial charge in [0.05, 0.1) is 16.8 Å². The minimum atomic E-state index is -0.338. The fourth-order valence-electron chi connectivity index (χ4n) is 2.52. The first-order valence-corrected chi connectivity index (χ1v) is 7.79. The Morgan fingerprint density at radius 2 is 1.88 bits per heavy atom. The molecule has 0 aliphatic heterocycles. The Morgan fingerprint density at radius 1 is 1.08 bits per heavy atom. The molecule has 2 N–H and O–H groups in total. The quantitative estimate of drug-likeness (QED) is 0.590. The maximum Gasteiger partial charge on any atom is 0.270 e. The van der Waals surface area contributed by atoms with Crippen LogP contribution in [0, 0.1) is 0 Å². The van der Waals surface area contributed by atoms with E-state index in [9.17, 15) is 4.79 Å². The van der Waals surface area contributed by atoms with Crippen molar-refractivity contribution in [3.8, 4) is 11.3 Å². The lowest BCUT2D eigenvalue weighted by atomic mass is 10.0. The highest BCUT2D eigenvalue weighted by Crippen LogP contribution is 2.26. The number of fused-ring (bicyclic) bond motifs is 1. The highest BCUT2D eigenvalue weighted by Gasteiger charge is 2.15. The molecule has 4 aromatic rings. The van der Waals surface area contributed by atoms with Gasteiger partial charge >= 0.3 is 0 Å². The van der Waals surface area contributed by atoms with Gasteiger partial charge in [0, 0.05) is 16.0 Å². The van der Waals surface area contributed by atoms with Crippen LogP contribution < -0.4 is 5.32 Å². The Labute approximate surface area is 147 Å². The first kappa shape index (κ1) is 15.2. The Bertz CT molecular complexity index is 1050. The lowest BCUT2D eigenvalue weighted by Crippen LogP contribution is -2.14. The number of aromatic amines is 1. The molecule has 8 heteroatoms. The first-order valence-electron chi connectivity index (χ1n) is 7.41. The summed E-state index contributed by atoms with van der Waals surface area (Å²) in [5, 5.41) is 17.2. The lowest BCUT2D eigenvalue weighted by molar-refractivity contribution is 0.102. The van der Waals surface area contributed by atoms with E-state index in [-0.39, 0.29) is 11.9 Å². The molecular formula is C17H11ClN6O. The number of hydrogen-bond donors (Lipinski definition) is 2. The summed E-state index contributed by atoms with van der Waals surface area (Å²) in [6.45, 7) is 0. The van der Waals surface area contributed by atoms with Gasteiger partial charge < -0.3 is 0 Å². The highest BCUT2D eigenvalue weighted by atomic mass is 35.5. The van der Waals surface area contributed by atoms with Gasteiger partial charge in [-0.05, 0) is 29.5 Å². The number of rotatable bonds is 3. The van der Waals surface area contributed by atoms with Gasteiger partial charge in [-0.1, -0.05) is 47.0 Å². The maximum absolute atomic E-state index is 12.7. The fourth-order valence-corrected chi connectivity index (χ4v) is 2.64. The number of halogens is 1. The second-order valence-electron chi connectivity index (χ2n) is 5.27. The SMILES string of the molecule is O=C(Nc1nn[nH]n1)c1cc(-c2ccc(Cl)cc2)nc2ccccc12. The van der Waals surface area contributed by atoms with E-state index in [4.69, 9.17) is 11.6 Å². The van der Waals surface area contributed by atoms with Crippen LogP contribution in [0.3, 0.4) is 0 Å². The topological polar surface area (TPSA) is 96.5 Å². The molecule has 2 aromatic carbocycles. The van der Waals surface area contributed by atoms with Crippen LogP contribution in [-0.4, -0.2) is 31.5 Å². The van der Waals surface area contributed by atoms with E-state index in [1.165, 1.54) is 0 Å². The number of amides is 1. The van der Waals surface area contributed by atoms with Crippen molar-refractivity contribution in [3.63, 3.8) is 0 Å². The second kappa shape index (κ2) is 6.29. The summed E-state index contributed by atoms with van der Waals surface area (Å²) in [5.74, 6) is -0.228. The molecule has 2 aromatic heterocycles. The number of benzene rings is 2. The third kappa shape index (κ3) is 3.05. The van der Waals surface area contributed by atoms with Crippen LogP contribution in [0.15, 0.2) is 54.6 Å². The van der Waals surface area contributed by atoms with Gasteiger partial charge in [0.25, 0.3) is 11.9 Å². The molecule has 1 amide bonds. The standard InChI is InChI=1S/C17H11ClN6O/c18-11-7-5-10(6-8-11)15-9-13(12-3-1-2-4-14(12)19-15)16(25)20-17-21-23-24-22-17/h1-9H,(H2,20,21,22,23,24,25). The molecule has 0 saturated heterocycles. The van der Waals surface area contributed by atoms with Crippen LogP contribution in [0.5, 0.6) is 0 Å². The van der Waals surface area contributed by atoms with Gasteiger partial charge in [0.1, 0.15) is 0 Å². The fraction of sp³-hybridized carbons (Fsp3) is 0. The molecule has 0 unspecified atom stereocenters. The minimum Gasteiger partial charge on any atom is -0.288 e. The number of tetrazole rings is 1. The monoisotopic (exact) mass is 350 g/mol. The zero-order valence-corrected chi connectivity index (χ0v) is 13.5. The molecule has 25 heavy (non-hydrogen) atoms. The lowest BCUT2D eigenvalue weighted by Gasteiger charge is -2.09. The van der Waals surface area contributed by atoms with Crippen molar-refractivity contribution in [1.29, 1.82) is 0 Å². The Balaban J connectivity index is 1.84. The number of hydrogen-bond acceptors (Lipinski definition) is 5. The number of pyridine rings is 1. The molecule has 4 rings (SSSR count). The van der Waals surface area contributed by atoms with E-state index in [1.54, 1.807) is 18.2 Å². The van der Waals surface area contributed by atoms with Crippen LogP contribution in [0.4, 0.5) is 5.95 Å². The first-order chi connectivity index (χ1) is 12.2. The predicted octanol–water partition coefficient (Wildman–Crippen LogP) is 3.32. The summed E-state index contributed by atoms with van der Waals surface area (Å²) in [4.78, 5) is 17.3. The molecule has 0 saturated carbocycles. The van der Waals surface area contributed by atoms with E-state index in [1.807, 2.05) is 36.4 Å². The third-order valence-corrected chi connectivity index (χ3v) is 3.92. The van der Waals surface area contributed by atoms with Crippen LogP contribution >= 0.6 is 11.6 Å². The van der Waals surface area contributed by atoms with Gasteiger partial charge in [-0.2, -0.15) is 5.21 Å². The van der Waals surface area contributed by atoms with Crippen molar-refractivity contribution in [3.05, 3.63) is 65.2 Å². The highest BCUT2D eigenvalue weighted by molar-refractivity contribution is 6.30. The van der Waals surface area contributed by atoms with Crippen LogP contribution in [0.2, 0.25) is 5.02 Å². The number of para-hydroxylation sites is 1. The van der Waals surface area contributed by atoms with Crippen molar-refractivity contribution < 1.29 is 4.79 Å². The average molecular weight is 351 g/mol. The van der Waals surface area contributed by atoms with Gasteiger partial charge in [-0.15, -0.1) is 5.10 Å². The van der Waals surface area contributed by atoms with Crippen LogP contribution in [-0.2, 0) is 0 Å². The van der Waals surface area contributed by atoms with Crippen molar-refractivity contribution >= 4 is 34.4 Å². The van der Waals surface area contributed by atoms with Crippen LogP contribution in [0.1, 0.15) is 10.4 Å². The van der Waals surface area contributed by atoms with Gasteiger partial charge in [0.2, 0.25) is 0 Å². The molecule has 7 nitrogen and oxygen atoms in total. The zero-order chi connectivity index (χ0) is 17.2. The predicted molar refractivity (Wildman–Crippen MR) is 94.3 cm³/mol. The molecule has 0 fully saturated rings. The molecule has 122 valence electrons. The summed E-state index contributed by atoms with van der Waals surface area (Å²) in [7, 11) is 0. The summed E-state index contributed by atoms with van der Waals surface area (Å²) >= 11 is 5.95. The van der Waals surface area contributed by atoms with Crippen molar-refractivity contribution in [2.24, 2.45) is 0 Å².